The molecule has 1 fully saturated rings. The van der Waals surface area contributed by atoms with Gasteiger partial charge in [-0.05, 0) is 17.9 Å². The monoisotopic (exact) mass is 348 g/mol. The zero-order chi connectivity index (χ0) is 18.4. The largest absolute Gasteiger partial charge is 0.464 e. The third-order valence-corrected chi connectivity index (χ3v) is 3.90. The number of esters is 1. The molecule has 0 spiro atoms. The van der Waals surface area contributed by atoms with E-state index in [4.69, 9.17) is 15.2 Å². The average Bonchev–Trinajstić information content (AvgIpc) is 2.99. The standard InChI is InChI=1S/C18H24N2O5/c1-12(2)10-14(19)16(21)20(15-8-9-24-17(15)22)18(23)25-11-13-6-4-3-5-7-13/h3-7,12,14-15H,8-11,19H2,1-2H3/t14-,15-/m0/s1. The molecule has 0 saturated carbocycles. The zero-order valence-corrected chi connectivity index (χ0v) is 14.5. The minimum atomic E-state index is -0.978. The molecule has 0 aromatic heterocycles. The lowest BCUT2D eigenvalue weighted by molar-refractivity contribution is -0.147. The van der Waals surface area contributed by atoms with E-state index in [1.54, 1.807) is 12.1 Å². The number of hydrogen-bond acceptors (Lipinski definition) is 6. The van der Waals surface area contributed by atoms with E-state index in [9.17, 15) is 14.4 Å². The maximum atomic E-state index is 12.7. The molecule has 1 aliphatic rings. The summed E-state index contributed by atoms with van der Waals surface area (Å²) in [4.78, 5) is 37.9. The number of hydrogen-bond donors (Lipinski definition) is 1. The Kier molecular flexibility index (Phi) is 6.52. The van der Waals surface area contributed by atoms with Crippen molar-refractivity contribution in [1.82, 2.24) is 4.90 Å². The van der Waals surface area contributed by atoms with Crippen LogP contribution in [0.15, 0.2) is 30.3 Å². The zero-order valence-electron chi connectivity index (χ0n) is 14.5. The molecule has 0 bridgehead atoms. The quantitative estimate of drug-likeness (QED) is 0.788. The summed E-state index contributed by atoms with van der Waals surface area (Å²) in [7, 11) is 0. The molecule has 2 rings (SSSR count). The number of cyclic esters (lactones) is 1. The van der Waals surface area contributed by atoms with Gasteiger partial charge in [0.1, 0.15) is 12.6 Å². The number of carbonyl (C=O) groups excluding carboxylic acids is 3. The van der Waals surface area contributed by atoms with Crippen LogP contribution in [-0.2, 0) is 25.7 Å². The predicted molar refractivity (Wildman–Crippen MR) is 90.3 cm³/mol. The average molecular weight is 348 g/mol. The maximum absolute atomic E-state index is 12.7. The van der Waals surface area contributed by atoms with Crippen LogP contribution in [0.2, 0.25) is 0 Å². The van der Waals surface area contributed by atoms with Crippen molar-refractivity contribution in [1.29, 1.82) is 0 Å². The van der Waals surface area contributed by atoms with E-state index in [0.717, 1.165) is 10.5 Å². The van der Waals surface area contributed by atoms with Crippen molar-refractivity contribution >= 4 is 18.0 Å². The molecule has 0 unspecified atom stereocenters. The molecule has 1 aromatic carbocycles. The van der Waals surface area contributed by atoms with Gasteiger partial charge in [-0.3, -0.25) is 4.79 Å². The summed E-state index contributed by atoms with van der Waals surface area (Å²) < 4.78 is 10.1. The summed E-state index contributed by atoms with van der Waals surface area (Å²) >= 11 is 0. The number of benzene rings is 1. The molecule has 136 valence electrons. The highest BCUT2D eigenvalue weighted by Gasteiger charge is 2.41. The predicted octanol–water partition coefficient (Wildman–Crippen LogP) is 1.84. The Bertz CT molecular complexity index is 617. The Hall–Kier alpha value is -2.41. The summed E-state index contributed by atoms with van der Waals surface area (Å²) in [6.07, 6.45) is -0.223. The van der Waals surface area contributed by atoms with Gasteiger partial charge in [0.25, 0.3) is 0 Å². The van der Waals surface area contributed by atoms with Crippen LogP contribution in [0.25, 0.3) is 0 Å². The normalized spacial score (nSPS) is 17.9. The van der Waals surface area contributed by atoms with Gasteiger partial charge >= 0.3 is 12.1 Å². The molecule has 2 atom stereocenters. The molecular formula is C18H24N2O5. The molecular weight excluding hydrogens is 324 g/mol. The Labute approximate surface area is 147 Å². The first-order valence-electron chi connectivity index (χ1n) is 8.36. The molecule has 0 radical (unpaired) electrons. The van der Waals surface area contributed by atoms with E-state index in [2.05, 4.69) is 0 Å². The molecule has 7 heteroatoms. The lowest BCUT2D eigenvalue weighted by atomic mass is 10.0. The van der Waals surface area contributed by atoms with Crippen molar-refractivity contribution in [3.05, 3.63) is 35.9 Å². The lowest BCUT2D eigenvalue weighted by Crippen LogP contribution is -2.53. The topological polar surface area (TPSA) is 98.9 Å². The van der Waals surface area contributed by atoms with Crippen LogP contribution < -0.4 is 5.73 Å². The Balaban J connectivity index is 2.11. The summed E-state index contributed by atoms with van der Waals surface area (Å²) in [6.45, 7) is 4.02. The fourth-order valence-corrected chi connectivity index (χ4v) is 2.67. The van der Waals surface area contributed by atoms with Crippen LogP contribution >= 0.6 is 0 Å². The van der Waals surface area contributed by atoms with Gasteiger partial charge in [0.15, 0.2) is 0 Å². The van der Waals surface area contributed by atoms with Crippen LogP contribution in [-0.4, -0.2) is 41.6 Å². The lowest BCUT2D eigenvalue weighted by Gasteiger charge is -2.27. The second kappa shape index (κ2) is 8.62. The second-order valence-electron chi connectivity index (χ2n) is 6.46. The van der Waals surface area contributed by atoms with E-state index < -0.39 is 30.1 Å². The highest BCUT2D eigenvalue weighted by Crippen LogP contribution is 2.18. The number of nitrogens with zero attached hydrogens (tertiary/aromatic N) is 1. The first-order valence-corrected chi connectivity index (χ1v) is 8.36. The van der Waals surface area contributed by atoms with Crippen LogP contribution in [0.3, 0.4) is 0 Å². The van der Waals surface area contributed by atoms with Gasteiger partial charge in [0.05, 0.1) is 12.6 Å². The van der Waals surface area contributed by atoms with Crippen molar-refractivity contribution in [2.75, 3.05) is 6.61 Å². The summed E-state index contributed by atoms with van der Waals surface area (Å²) in [5, 5.41) is 0. The van der Waals surface area contributed by atoms with Crippen molar-refractivity contribution in [3.63, 3.8) is 0 Å². The van der Waals surface area contributed by atoms with Gasteiger partial charge < -0.3 is 15.2 Å². The molecule has 1 saturated heterocycles. The van der Waals surface area contributed by atoms with E-state index in [1.165, 1.54) is 0 Å². The number of carbonyl (C=O) groups is 3. The third-order valence-electron chi connectivity index (χ3n) is 3.90. The van der Waals surface area contributed by atoms with E-state index in [1.807, 2.05) is 32.0 Å². The summed E-state index contributed by atoms with van der Waals surface area (Å²) in [6, 6.07) is 7.23. The first kappa shape index (κ1) is 18.9. The molecule has 1 aliphatic heterocycles. The highest BCUT2D eigenvalue weighted by molar-refractivity contribution is 5.99. The van der Waals surface area contributed by atoms with Gasteiger partial charge in [0, 0.05) is 6.42 Å². The fourth-order valence-electron chi connectivity index (χ4n) is 2.67. The van der Waals surface area contributed by atoms with Gasteiger partial charge in [-0.2, -0.15) is 0 Å². The minimum absolute atomic E-state index is 0.00460. The first-order chi connectivity index (χ1) is 11.9. The molecule has 2 N–H and O–H groups in total. The smallest absolute Gasteiger partial charge is 0.417 e. The Morgan fingerprint density at radius 3 is 2.56 bits per heavy atom. The molecule has 1 aromatic rings. The molecule has 1 heterocycles. The van der Waals surface area contributed by atoms with Crippen molar-refractivity contribution in [2.24, 2.45) is 11.7 Å². The number of rotatable bonds is 6. The van der Waals surface area contributed by atoms with Gasteiger partial charge in [-0.15, -0.1) is 0 Å². The Morgan fingerprint density at radius 1 is 1.32 bits per heavy atom. The summed E-state index contributed by atoms with van der Waals surface area (Å²) in [5.74, 6) is -1.05. The molecule has 0 aliphatic carbocycles. The highest BCUT2D eigenvalue weighted by atomic mass is 16.6. The maximum Gasteiger partial charge on any atom is 0.417 e. The number of imide groups is 1. The van der Waals surface area contributed by atoms with E-state index in [0.29, 0.717) is 6.42 Å². The van der Waals surface area contributed by atoms with Crippen molar-refractivity contribution in [3.8, 4) is 0 Å². The third kappa shape index (κ3) is 5.03. The molecule has 25 heavy (non-hydrogen) atoms. The van der Waals surface area contributed by atoms with Gasteiger partial charge in [-0.25, -0.2) is 14.5 Å². The SMILES string of the molecule is CC(C)C[C@H](N)C(=O)N(C(=O)OCc1ccccc1)[C@H]1CCOC1=O. The van der Waals surface area contributed by atoms with Gasteiger partial charge in [-0.1, -0.05) is 44.2 Å². The van der Waals surface area contributed by atoms with Crippen molar-refractivity contribution in [2.45, 2.75) is 45.4 Å². The number of ether oxygens (including phenoxy) is 2. The fraction of sp³-hybridized carbons (Fsp3) is 0.500. The van der Waals surface area contributed by atoms with Crippen LogP contribution in [0.5, 0.6) is 0 Å². The number of amides is 2. The molecule has 2 amide bonds. The summed E-state index contributed by atoms with van der Waals surface area (Å²) in [5.41, 5.74) is 6.71. The van der Waals surface area contributed by atoms with E-state index >= 15 is 0 Å². The van der Waals surface area contributed by atoms with Gasteiger partial charge in [0.2, 0.25) is 5.91 Å². The number of nitrogens with two attached hydrogens (primary N) is 1. The van der Waals surface area contributed by atoms with Crippen LogP contribution in [0, 0.1) is 5.92 Å². The minimum Gasteiger partial charge on any atom is -0.464 e. The molecule has 7 nitrogen and oxygen atoms in total. The van der Waals surface area contributed by atoms with E-state index in [-0.39, 0.29) is 25.6 Å². The van der Waals surface area contributed by atoms with Crippen LogP contribution in [0.1, 0.15) is 32.3 Å². The second-order valence-corrected chi connectivity index (χ2v) is 6.46. The Morgan fingerprint density at radius 2 is 2.00 bits per heavy atom. The van der Waals surface area contributed by atoms with Crippen molar-refractivity contribution < 1.29 is 23.9 Å². The van der Waals surface area contributed by atoms with Crippen LogP contribution in [0.4, 0.5) is 4.79 Å².